The molecule has 32 heavy (non-hydrogen) atoms. The van der Waals surface area contributed by atoms with Crippen LogP contribution < -0.4 is 5.32 Å². The Morgan fingerprint density at radius 3 is 2.72 bits per heavy atom. The summed E-state index contributed by atoms with van der Waals surface area (Å²) >= 11 is 1.29. The number of hydrogen-bond acceptors (Lipinski definition) is 7. The Morgan fingerprint density at radius 2 is 2.12 bits per heavy atom. The van der Waals surface area contributed by atoms with Gasteiger partial charge < -0.3 is 10.4 Å². The molecule has 3 heterocycles. The van der Waals surface area contributed by atoms with Crippen molar-refractivity contribution in [2.24, 2.45) is 4.99 Å². The molecule has 0 radical (unpaired) electrons. The number of thiazole rings is 1. The maximum absolute atomic E-state index is 14.0. The molecule has 0 saturated carbocycles. The minimum atomic E-state index is -3.16. The lowest BCUT2D eigenvalue weighted by atomic mass is 9.83. The molecule has 1 aromatic heterocycles. The Labute approximate surface area is 185 Å². The van der Waals surface area contributed by atoms with E-state index in [9.17, 15) is 28.3 Å². The maximum atomic E-state index is 14.0. The van der Waals surface area contributed by atoms with Crippen molar-refractivity contribution in [2.45, 2.75) is 30.8 Å². The first-order valence-corrected chi connectivity index (χ1v) is 10.5. The quantitative estimate of drug-likeness (QED) is 0.710. The number of amidine groups is 1. The van der Waals surface area contributed by atoms with E-state index in [0.29, 0.717) is 16.4 Å². The van der Waals surface area contributed by atoms with Gasteiger partial charge >= 0.3 is 5.97 Å². The van der Waals surface area contributed by atoms with Gasteiger partial charge in [0.15, 0.2) is 10.8 Å². The van der Waals surface area contributed by atoms with Gasteiger partial charge in [0.1, 0.15) is 17.4 Å². The number of carboxylic acids is 1. The van der Waals surface area contributed by atoms with E-state index in [2.05, 4.69) is 21.4 Å². The summed E-state index contributed by atoms with van der Waals surface area (Å²) in [4.78, 5) is 21.6. The molecule has 1 fully saturated rings. The van der Waals surface area contributed by atoms with Crippen molar-refractivity contribution in [2.75, 3.05) is 13.1 Å². The van der Waals surface area contributed by atoms with Gasteiger partial charge in [0.2, 0.25) is 0 Å². The summed E-state index contributed by atoms with van der Waals surface area (Å²) in [6.45, 7) is 0.696. The highest BCUT2D eigenvalue weighted by atomic mass is 32.1. The van der Waals surface area contributed by atoms with Crippen molar-refractivity contribution in [3.63, 3.8) is 0 Å². The number of benzene rings is 1. The van der Waals surface area contributed by atoms with Crippen LogP contribution >= 0.6 is 11.3 Å². The highest BCUT2D eigenvalue weighted by molar-refractivity contribution is 7.11. The number of nitriles is 1. The number of carbonyl (C=O) groups is 1. The van der Waals surface area contributed by atoms with Crippen LogP contribution in [0.4, 0.5) is 13.2 Å². The summed E-state index contributed by atoms with van der Waals surface area (Å²) in [6.07, 6.45) is 0.768. The number of hydrogen-bond donors (Lipinski definition) is 2. The van der Waals surface area contributed by atoms with Gasteiger partial charge in [-0.25, -0.2) is 23.1 Å². The standard InChI is InChI=1S/C21H18F3N5O2S/c1-20(12-2-4-13(22)5-3-12)14(9-25)15(27-17(28-20)18-26-6-7-32-18)10-29-11-21(23,24)8-16(29)19(30)31/h2-7,16H,8,10-11H2,1H3,(H,27,28)(H,30,31). The van der Waals surface area contributed by atoms with Crippen molar-refractivity contribution in [3.8, 4) is 6.07 Å². The molecule has 2 aromatic rings. The fourth-order valence-corrected chi connectivity index (χ4v) is 4.60. The fourth-order valence-electron chi connectivity index (χ4n) is 4.02. The zero-order valence-electron chi connectivity index (χ0n) is 16.8. The first-order valence-electron chi connectivity index (χ1n) is 9.64. The summed E-state index contributed by atoms with van der Waals surface area (Å²) in [7, 11) is 0. The Bertz CT molecular complexity index is 1140. The predicted molar refractivity (Wildman–Crippen MR) is 111 cm³/mol. The lowest BCUT2D eigenvalue weighted by Crippen LogP contribution is -2.45. The Hall–Kier alpha value is -3.23. The first-order chi connectivity index (χ1) is 15.1. The lowest BCUT2D eigenvalue weighted by Gasteiger charge is -2.34. The molecular formula is C21H18F3N5O2S. The van der Waals surface area contributed by atoms with E-state index >= 15 is 0 Å². The summed E-state index contributed by atoms with van der Waals surface area (Å²) in [5.74, 6) is -4.65. The molecule has 1 saturated heterocycles. The summed E-state index contributed by atoms with van der Waals surface area (Å²) < 4.78 is 41.6. The maximum Gasteiger partial charge on any atom is 0.321 e. The third kappa shape index (κ3) is 3.99. The fraction of sp³-hybridized carbons (Fsp3) is 0.333. The SMILES string of the molecule is CC1(c2ccc(F)cc2)N=C(c2nccs2)NC(CN2CC(F)(F)CC2C(=O)O)=C1C#N. The van der Waals surface area contributed by atoms with Crippen LogP contribution in [0.1, 0.15) is 23.9 Å². The Kier molecular flexibility index (Phi) is 5.52. The molecule has 166 valence electrons. The minimum absolute atomic E-state index is 0.128. The van der Waals surface area contributed by atoms with Gasteiger partial charge in [0.05, 0.1) is 18.2 Å². The van der Waals surface area contributed by atoms with Crippen LogP contribution in [0.5, 0.6) is 0 Å². The van der Waals surface area contributed by atoms with Gasteiger partial charge in [-0.2, -0.15) is 5.26 Å². The molecule has 0 aliphatic carbocycles. The molecule has 2 unspecified atom stereocenters. The van der Waals surface area contributed by atoms with Crippen LogP contribution in [-0.4, -0.2) is 51.8 Å². The van der Waals surface area contributed by atoms with Crippen LogP contribution in [0.3, 0.4) is 0 Å². The second-order valence-corrected chi connectivity index (χ2v) is 8.68. The molecule has 7 nitrogen and oxygen atoms in total. The Morgan fingerprint density at radius 1 is 1.41 bits per heavy atom. The zero-order valence-corrected chi connectivity index (χ0v) is 17.7. The molecular weight excluding hydrogens is 443 g/mol. The van der Waals surface area contributed by atoms with Crippen LogP contribution in [0.2, 0.25) is 0 Å². The molecule has 2 atom stereocenters. The Balaban J connectivity index is 1.80. The number of rotatable bonds is 5. The molecule has 0 bridgehead atoms. The molecule has 2 N–H and O–H groups in total. The highest BCUT2D eigenvalue weighted by Gasteiger charge is 2.49. The largest absolute Gasteiger partial charge is 0.480 e. The van der Waals surface area contributed by atoms with E-state index in [1.807, 2.05) is 0 Å². The van der Waals surface area contributed by atoms with Crippen LogP contribution in [0.25, 0.3) is 0 Å². The number of alkyl halides is 2. The molecule has 0 spiro atoms. The molecule has 2 aliphatic rings. The van der Waals surface area contributed by atoms with E-state index in [0.717, 1.165) is 4.90 Å². The van der Waals surface area contributed by atoms with E-state index in [4.69, 9.17) is 0 Å². The third-order valence-corrected chi connectivity index (χ3v) is 6.34. The van der Waals surface area contributed by atoms with Crippen molar-refractivity contribution in [1.82, 2.24) is 15.2 Å². The van der Waals surface area contributed by atoms with E-state index < -0.39 is 42.3 Å². The number of aliphatic carboxylic acids is 1. The normalized spacial score (nSPS) is 25.2. The van der Waals surface area contributed by atoms with Crippen molar-refractivity contribution < 1.29 is 23.1 Å². The van der Waals surface area contributed by atoms with E-state index in [-0.39, 0.29) is 17.8 Å². The number of nitrogens with one attached hydrogen (secondary N) is 1. The smallest absolute Gasteiger partial charge is 0.321 e. The van der Waals surface area contributed by atoms with E-state index in [1.165, 1.54) is 35.6 Å². The number of nitrogens with zero attached hydrogens (tertiary/aromatic N) is 4. The van der Waals surface area contributed by atoms with Gasteiger partial charge in [-0.3, -0.25) is 9.69 Å². The topological polar surface area (TPSA) is 102 Å². The second kappa shape index (κ2) is 8.03. The highest BCUT2D eigenvalue weighted by Crippen LogP contribution is 2.39. The predicted octanol–water partition coefficient (Wildman–Crippen LogP) is 3.12. The molecule has 4 rings (SSSR count). The number of aliphatic imine (C=N–C) groups is 1. The van der Waals surface area contributed by atoms with Crippen LogP contribution in [-0.2, 0) is 10.3 Å². The third-order valence-electron chi connectivity index (χ3n) is 5.56. The first kappa shape index (κ1) is 22.0. The van der Waals surface area contributed by atoms with Gasteiger partial charge in [-0.15, -0.1) is 11.3 Å². The summed E-state index contributed by atoms with van der Waals surface area (Å²) in [5, 5.41) is 24.7. The number of carboxylic acid groups (broad SMARTS) is 1. The zero-order chi connectivity index (χ0) is 23.1. The average Bonchev–Trinajstić information content (AvgIpc) is 3.36. The summed E-state index contributed by atoms with van der Waals surface area (Å²) in [5.41, 5.74) is -0.359. The average molecular weight is 461 g/mol. The molecule has 2 aliphatic heterocycles. The lowest BCUT2D eigenvalue weighted by molar-refractivity contribution is -0.142. The van der Waals surface area contributed by atoms with Gasteiger partial charge in [-0.1, -0.05) is 12.1 Å². The summed E-state index contributed by atoms with van der Waals surface area (Å²) in [6, 6.07) is 6.21. The van der Waals surface area contributed by atoms with E-state index in [1.54, 1.807) is 18.5 Å². The second-order valence-electron chi connectivity index (χ2n) is 7.79. The van der Waals surface area contributed by atoms with Crippen molar-refractivity contribution >= 4 is 23.1 Å². The van der Waals surface area contributed by atoms with Gasteiger partial charge in [-0.05, 0) is 24.6 Å². The van der Waals surface area contributed by atoms with Crippen molar-refractivity contribution in [3.05, 3.63) is 63.5 Å². The van der Waals surface area contributed by atoms with Crippen LogP contribution in [0.15, 0.2) is 52.1 Å². The molecule has 1 aromatic carbocycles. The van der Waals surface area contributed by atoms with Crippen molar-refractivity contribution in [1.29, 1.82) is 5.26 Å². The molecule has 11 heteroatoms. The van der Waals surface area contributed by atoms with Crippen LogP contribution in [0, 0.1) is 17.1 Å². The molecule has 0 amide bonds. The number of likely N-dealkylation sites (tertiary alicyclic amines) is 1. The van der Waals surface area contributed by atoms with Gasteiger partial charge in [0.25, 0.3) is 5.92 Å². The van der Waals surface area contributed by atoms with Gasteiger partial charge in [0, 0.05) is 30.2 Å². The minimum Gasteiger partial charge on any atom is -0.480 e. The number of aromatic nitrogens is 1. The number of halogens is 3. The monoisotopic (exact) mass is 461 g/mol.